The Morgan fingerprint density at radius 2 is 1.64 bits per heavy atom. The van der Waals surface area contributed by atoms with E-state index in [2.05, 4.69) is 0 Å². The van der Waals surface area contributed by atoms with Gasteiger partial charge in [0.1, 0.15) is 0 Å². The van der Waals surface area contributed by atoms with E-state index >= 15 is 0 Å². The number of benzene rings is 2. The Morgan fingerprint density at radius 3 is 2.20 bits per heavy atom. The van der Waals surface area contributed by atoms with Crippen molar-refractivity contribution in [2.75, 3.05) is 13.1 Å². The highest BCUT2D eigenvalue weighted by Gasteiger charge is 2.43. The van der Waals surface area contributed by atoms with Crippen molar-refractivity contribution in [1.29, 1.82) is 0 Å². The summed E-state index contributed by atoms with van der Waals surface area (Å²) in [7, 11) is 0. The first-order valence-electron chi connectivity index (χ1n) is 8.59. The minimum atomic E-state index is -0.902. The zero-order valence-corrected chi connectivity index (χ0v) is 14.7. The number of carbonyl (C=O) groups is 2. The van der Waals surface area contributed by atoms with E-state index in [9.17, 15) is 14.7 Å². The van der Waals surface area contributed by atoms with Crippen LogP contribution in [-0.4, -0.2) is 35.0 Å². The third-order valence-corrected chi connectivity index (χ3v) is 5.25. The van der Waals surface area contributed by atoms with E-state index in [-0.39, 0.29) is 5.91 Å². The van der Waals surface area contributed by atoms with Crippen molar-refractivity contribution < 1.29 is 14.7 Å². The Kier molecular flexibility index (Phi) is 4.62. The second-order valence-corrected chi connectivity index (χ2v) is 6.86. The fraction of sp³-hybridized carbons (Fsp3) is 0.333. The lowest BCUT2D eigenvalue weighted by Crippen LogP contribution is -2.49. The zero-order chi connectivity index (χ0) is 18.0. The van der Waals surface area contributed by atoms with Gasteiger partial charge in [-0.3, -0.25) is 9.59 Å². The maximum Gasteiger partial charge on any atom is 0.314 e. The van der Waals surface area contributed by atoms with Crippen LogP contribution in [0.1, 0.15) is 39.9 Å². The molecular formula is C21H23NO3. The maximum absolute atomic E-state index is 12.8. The van der Waals surface area contributed by atoms with Gasteiger partial charge in [-0.15, -0.1) is 0 Å². The van der Waals surface area contributed by atoms with Crippen LogP contribution in [0.5, 0.6) is 0 Å². The van der Waals surface area contributed by atoms with Crippen molar-refractivity contribution >= 4 is 11.9 Å². The summed E-state index contributed by atoms with van der Waals surface area (Å²) in [5.41, 5.74) is 2.71. The summed E-state index contributed by atoms with van der Waals surface area (Å²) in [6.07, 6.45) is 0.867. The second kappa shape index (κ2) is 6.71. The van der Waals surface area contributed by atoms with Gasteiger partial charge in [0.2, 0.25) is 0 Å². The van der Waals surface area contributed by atoms with Crippen LogP contribution in [0.4, 0.5) is 0 Å². The first-order valence-corrected chi connectivity index (χ1v) is 8.59. The van der Waals surface area contributed by atoms with Gasteiger partial charge in [-0.1, -0.05) is 48.0 Å². The second-order valence-electron chi connectivity index (χ2n) is 6.86. The Morgan fingerprint density at radius 1 is 1.00 bits per heavy atom. The lowest BCUT2D eigenvalue weighted by Gasteiger charge is -2.39. The molecule has 1 amide bonds. The Balaban J connectivity index is 1.80. The van der Waals surface area contributed by atoms with Crippen LogP contribution >= 0.6 is 0 Å². The lowest BCUT2D eigenvalue weighted by molar-refractivity contribution is -0.145. The van der Waals surface area contributed by atoms with Gasteiger partial charge in [-0.25, -0.2) is 0 Å². The van der Waals surface area contributed by atoms with Crippen LogP contribution in [0, 0.1) is 13.8 Å². The van der Waals surface area contributed by atoms with Gasteiger partial charge < -0.3 is 10.0 Å². The molecule has 2 aromatic carbocycles. The summed E-state index contributed by atoms with van der Waals surface area (Å²) in [5, 5.41) is 9.86. The molecule has 0 aliphatic carbocycles. The lowest BCUT2D eigenvalue weighted by atomic mass is 9.72. The van der Waals surface area contributed by atoms with Crippen LogP contribution in [0.2, 0.25) is 0 Å². The monoisotopic (exact) mass is 337 g/mol. The molecule has 1 saturated heterocycles. The highest BCUT2D eigenvalue weighted by atomic mass is 16.4. The van der Waals surface area contributed by atoms with E-state index in [1.54, 1.807) is 4.90 Å². The molecule has 4 heteroatoms. The normalized spacial score (nSPS) is 16.5. The standard InChI is InChI=1S/C21H23NO3/c1-15-8-9-18(16(2)14-15)19(23)22-12-10-21(11-13-22,20(24)25)17-6-4-3-5-7-17/h3-9,14H,10-13H2,1-2H3,(H,24,25). The van der Waals surface area contributed by atoms with Crippen molar-refractivity contribution in [3.8, 4) is 0 Å². The first-order chi connectivity index (χ1) is 11.9. The quantitative estimate of drug-likeness (QED) is 0.931. The molecular weight excluding hydrogens is 314 g/mol. The summed E-state index contributed by atoms with van der Waals surface area (Å²) >= 11 is 0. The molecule has 0 radical (unpaired) electrons. The van der Waals surface area contributed by atoms with Crippen LogP contribution in [0.3, 0.4) is 0 Å². The largest absolute Gasteiger partial charge is 0.481 e. The third-order valence-electron chi connectivity index (χ3n) is 5.25. The van der Waals surface area contributed by atoms with Gasteiger partial charge in [0.25, 0.3) is 5.91 Å². The van der Waals surface area contributed by atoms with Crippen molar-refractivity contribution in [3.05, 3.63) is 70.8 Å². The zero-order valence-electron chi connectivity index (χ0n) is 14.7. The molecule has 3 rings (SSSR count). The topological polar surface area (TPSA) is 57.6 Å². The predicted octanol–water partition coefficient (Wildman–Crippen LogP) is 3.56. The fourth-order valence-corrected chi connectivity index (χ4v) is 3.70. The smallest absolute Gasteiger partial charge is 0.314 e. The number of piperidine rings is 1. The molecule has 1 aliphatic rings. The number of carbonyl (C=O) groups excluding carboxylic acids is 1. The SMILES string of the molecule is Cc1ccc(C(=O)N2CCC(C(=O)O)(c3ccccc3)CC2)c(C)c1. The number of aryl methyl sites for hydroxylation is 2. The van der Waals surface area contributed by atoms with Gasteiger partial charge in [-0.05, 0) is 43.9 Å². The highest BCUT2D eigenvalue weighted by Crippen LogP contribution is 2.36. The number of likely N-dealkylation sites (tertiary alicyclic amines) is 1. The van der Waals surface area contributed by atoms with Crippen LogP contribution < -0.4 is 0 Å². The number of nitrogens with zero attached hydrogens (tertiary/aromatic N) is 1. The minimum Gasteiger partial charge on any atom is -0.481 e. The number of carboxylic acids is 1. The molecule has 0 saturated carbocycles. The summed E-state index contributed by atoms with van der Waals surface area (Å²) in [6.45, 7) is 4.85. The summed E-state index contributed by atoms with van der Waals surface area (Å²) in [4.78, 5) is 26.6. The number of carboxylic acid groups (broad SMARTS) is 1. The van der Waals surface area contributed by atoms with Crippen molar-refractivity contribution in [2.24, 2.45) is 0 Å². The third kappa shape index (κ3) is 3.16. The Bertz CT molecular complexity index is 790. The predicted molar refractivity (Wildman–Crippen MR) is 96.8 cm³/mol. The van der Waals surface area contributed by atoms with E-state index in [1.165, 1.54) is 0 Å². The Labute approximate surface area is 148 Å². The average Bonchev–Trinajstić information content (AvgIpc) is 2.62. The van der Waals surface area contributed by atoms with E-state index in [0.717, 1.165) is 16.7 Å². The maximum atomic E-state index is 12.8. The molecule has 1 N–H and O–H groups in total. The summed E-state index contributed by atoms with van der Waals surface area (Å²) in [6, 6.07) is 15.2. The van der Waals surface area contributed by atoms with Gasteiger partial charge in [0.05, 0.1) is 5.41 Å². The molecule has 25 heavy (non-hydrogen) atoms. The van der Waals surface area contributed by atoms with Crippen molar-refractivity contribution in [3.63, 3.8) is 0 Å². The molecule has 4 nitrogen and oxygen atoms in total. The highest BCUT2D eigenvalue weighted by molar-refractivity contribution is 5.96. The summed E-state index contributed by atoms with van der Waals surface area (Å²) < 4.78 is 0. The van der Waals surface area contributed by atoms with Crippen LogP contribution in [0.25, 0.3) is 0 Å². The molecule has 1 heterocycles. The van der Waals surface area contributed by atoms with Crippen LogP contribution in [0.15, 0.2) is 48.5 Å². The van der Waals surface area contributed by atoms with Gasteiger partial charge in [0.15, 0.2) is 0 Å². The van der Waals surface area contributed by atoms with Gasteiger partial charge in [0, 0.05) is 18.7 Å². The summed E-state index contributed by atoms with van der Waals surface area (Å²) in [5.74, 6) is -0.818. The Hall–Kier alpha value is -2.62. The number of hydrogen-bond acceptors (Lipinski definition) is 2. The van der Waals surface area contributed by atoms with Gasteiger partial charge in [-0.2, -0.15) is 0 Å². The van der Waals surface area contributed by atoms with E-state index in [1.807, 2.05) is 62.4 Å². The number of aliphatic carboxylic acids is 1. The minimum absolute atomic E-state index is 0.00968. The molecule has 0 unspecified atom stereocenters. The molecule has 0 aromatic heterocycles. The first kappa shape index (κ1) is 17.2. The average molecular weight is 337 g/mol. The molecule has 0 bridgehead atoms. The van der Waals surface area contributed by atoms with E-state index in [0.29, 0.717) is 31.5 Å². The van der Waals surface area contributed by atoms with E-state index in [4.69, 9.17) is 0 Å². The van der Waals surface area contributed by atoms with Crippen molar-refractivity contribution in [1.82, 2.24) is 4.90 Å². The number of hydrogen-bond donors (Lipinski definition) is 1. The molecule has 2 aromatic rings. The molecule has 0 spiro atoms. The van der Waals surface area contributed by atoms with Crippen LogP contribution in [-0.2, 0) is 10.2 Å². The number of amides is 1. The molecule has 1 aliphatic heterocycles. The molecule has 0 atom stereocenters. The van der Waals surface area contributed by atoms with Crippen molar-refractivity contribution in [2.45, 2.75) is 32.1 Å². The number of rotatable bonds is 3. The molecule has 1 fully saturated rings. The fourth-order valence-electron chi connectivity index (χ4n) is 3.70. The van der Waals surface area contributed by atoms with Gasteiger partial charge >= 0.3 is 5.97 Å². The van der Waals surface area contributed by atoms with E-state index < -0.39 is 11.4 Å². The molecule has 130 valence electrons.